The molecule has 0 spiro atoms. The number of halogens is 1. The van der Waals surface area contributed by atoms with Gasteiger partial charge in [0, 0.05) is 10.1 Å². The van der Waals surface area contributed by atoms with Crippen LogP contribution < -0.4 is 5.32 Å². The molecule has 0 atom stereocenters. The van der Waals surface area contributed by atoms with Gasteiger partial charge in [-0.1, -0.05) is 12.1 Å². The lowest BCUT2D eigenvalue weighted by atomic mass is 10.2. The molecular weight excluding hydrogens is 321 g/mol. The third-order valence-corrected chi connectivity index (χ3v) is 2.74. The predicted molar refractivity (Wildman–Crippen MR) is 68.1 cm³/mol. The fourth-order valence-electron chi connectivity index (χ4n) is 1.08. The molecule has 1 amide bonds. The number of hydrogen-bond acceptors (Lipinski definition) is 3. The molecule has 86 valence electrons. The van der Waals surface area contributed by atoms with E-state index in [1.807, 2.05) is 34.7 Å². The summed E-state index contributed by atoms with van der Waals surface area (Å²) >= 11 is 2.05. The number of hydrogen-bond donors (Lipinski definition) is 1. The molecule has 0 aliphatic heterocycles. The van der Waals surface area contributed by atoms with E-state index in [1.54, 1.807) is 19.1 Å². The van der Waals surface area contributed by atoms with Crippen LogP contribution in [0.4, 0.5) is 0 Å². The van der Waals surface area contributed by atoms with Crippen LogP contribution in [0.15, 0.2) is 24.3 Å². The Balaban J connectivity index is 2.54. The van der Waals surface area contributed by atoms with Crippen LogP contribution in [0, 0.1) is 3.57 Å². The van der Waals surface area contributed by atoms with Gasteiger partial charge in [0.1, 0.15) is 0 Å². The number of nitrogens with one attached hydrogen (secondary N) is 1. The van der Waals surface area contributed by atoms with E-state index in [2.05, 4.69) is 5.32 Å². The quantitative estimate of drug-likeness (QED) is 0.672. The molecular formula is C11H12INO3. The maximum atomic E-state index is 11.6. The van der Waals surface area contributed by atoms with E-state index in [0.717, 1.165) is 3.57 Å². The first-order valence-electron chi connectivity index (χ1n) is 4.83. The molecule has 0 aliphatic carbocycles. The molecule has 0 saturated heterocycles. The van der Waals surface area contributed by atoms with Gasteiger partial charge < -0.3 is 10.1 Å². The van der Waals surface area contributed by atoms with E-state index < -0.39 is 5.97 Å². The molecule has 0 saturated carbocycles. The highest BCUT2D eigenvalue weighted by atomic mass is 127. The Bertz CT molecular complexity index is 393. The van der Waals surface area contributed by atoms with Crippen LogP contribution in [-0.4, -0.2) is 25.0 Å². The van der Waals surface area contributed by atoms with Crippen molar-refractivity contribution >= 4 is 34.5 Å². The molecule has 0 fully saturated rings. The zero-order valence-electron chi connectivity index (χ0n) is 8.83. The maximum absolute atomic E-state index is 11.6. The van der Waals surface area contributed by atoms with Crippen molar-refractivity contribution in [3.05, 3.63) is 33.4 Å². The van der Waals surface area contributed by atoms with Crippen molar-refractivity contribution in [3.8, 4) is 0 Å². The number of likely N-dealkylation sites (N-methyl/N-ethyl adjacent to an activating group) is 1. The Morgan fingerprint density at radius 3 is 2.69 bits per heavy atom. The van der Waals surface area contributed by atoms with Crippen LogP contribution in [0.5, 0.6) is 0 Å². The highest BCUT2D eigenvalue weighted by Crippen LogP contribution is 2.12. The molecule has 1 N–H and O–H groups in total. The van der Waals surface area contributed by atoms with Crippen LogP contribution in [0.2, 0.25) is 0 Å². The number of amides is 1. The molecule has 0 aliphatic rings. The minimum atomic E-state index is -0.476. The van der Waals surface area contributed by atoms with Gasteiger partial charge in [0.25, 0.3) is 5.91 Å². The lowest BCUT2D eigenvalue weighted by molar-refractivity contribution is -0.124. The molecule has 16 heavy (non-hydrogen) atoms. The normalized spacial score (nSPS) is 9.62. The highest BCUT2D eigenvalue weighted by Gasteiger charge is 2.11. The lowest BCUT2D eigenvalue weighted by Gasteiger charge is -2.05. The summed E-state index contributed by atoms with van der Waals surface area (Å²) in [6.07, 6.45) is 0. The summed E-state index contributed by atoms with van der Waals surface area (Å²) < 4.78 is 5.67. The van der Waals surface area contributed by atoms with E-state index >= 15 is 0 Å². The van der Waals surface area contributed by atoms with Crippen LogP contribution in [0.1, 0.15) is 17.3 Å². The second kappa shape index (κ2) is 6.47. The molecule has 1 aromatic carbocycles. The van der Waals surface area contributed by atoms with Crippen LogP contribution in [-0.2, 0) is 9.53 Å². The van der Waals surface area contributed by atoms with Crippen LogP contribution in [0.25, 0.3) is 0 Å². The van der Waals surface area contributed by atoms with Crippen molar-refractivity contribution in [2.75, 3.05) is 13.2 Å². The van der Waals surface area contributed by atoms with Crippen molar-refractivity contribution in [2.45, 2.75) is 6.92 Å². The summed E-state index contributed by atoms with van der Waals surface area (Å²) in [5, 5.41) is 2.55. The van der Waals surface area contributed by atoms with Crippen molar-refractivity contribution in [2.24, 2.45) is 0 Å². The number of ether oxygens (including phenoxy) is 1. The monoisotopic (exact) mass is 333 g/mol. The second-order valence-corrected chi connectivity index (χ2v) is 4.17. The summed E-state index contributed by atoms with van der Waals surface area (Å²) in [6.45, 7) is 2.09. The summed E-state index contributed by atoms with van der Waals surface area (Å²) in [6, 6.07) is 7.07. The van der Waals surface area contributed by atoms with E-state index in [9.17, 15) is 9.59 Å². The fourth-order valence-corrected chi connectivity index (χ4v) is 1.69. The molecule has 1 aromatic rings. The topological polar surface area (TPSA) is 55.4 Å². The minimum absolute atomic E-state index is 0.238. The van der Waals surface area contributed by atoms with Gasteiger partial charge in [0.2, 0.25) is 0 Å². The highest BCUT2D eigenvalue weighted by molar-refractivity contribution is 14.1. The van der Waals surface area contributed by atoms with Gasteiger partial charge in [-0.05, 0) is 41.6 Å². The van der Waals surface area contributed by atoms with Gasteiger partial charge in [0.05, 0.1) is 5.56 Å². The number of carbonyl (C=O) groups is 2. The summed E-state index contributed by atoms with van der Waals surface area (Å²) in [4.78, 5) is 22.6. The summed E-state index contributed by atoms with van der Waals surface area (Å²) in [5.74, 6) is -0.766. The van der Waals surface area contributed by atoms with Crippen LogP contribution >= 0.6 is 22.6 Å². The fraction of sp³-hybridized carbons (Fsp3) is 0.273. The third-order valence-electron chi connectivity index (χ3n) is 1.80. The molecule has 0 radical (unpaired) electrons. The van der Waals surface area contributed by atoms with Gasteiger partial charge in [-0.3, -0.25) is 4.79 Å². The Morgan fingerprint density at radius 1 is 1.38 bits per heavy atom. The maximum Gasteiger partial charge on any atom is 0.339 e. The smallest absolute Gasteiger partial charge is 0.339 e. The summed E-state index contributed by atoms with van der Waals surface area (Å²) in [7, 11) is 0. The van der Waals surface area contributed by atoms with Gasteiger partial charge in [-0.2, -0.15) is 0 Å². The molecule has 5 heteroatoms. The predicted octanol–water partition coefficient (Wildman–Crippen LogP) is 1.58. The number of benzene rings is 1. The molecule has 0 unspecified atom stereocenters. The number of esters is 1. The SMILES string of the molecule is CCNC(=O)COC(=O)c1ccccc1I. The Hall–Kier alpha value is -1.11. The van der Waals surface area contributed by atoms with Crippen LogP contribution in [0.3, 0.4) is 0 Å². The molecule has 0 bridgehead atoms. The first-order valence-corrected chi connectivity index (χ1v) is 5.91. The van der Waals surface area contributed by atoms with E-state index in [4.69, 9.17) is 4.74 Å². The second-order valence-electron chi connectivity index (χ2n) is 3.01. The van der Waals surface area contributed by atoms with Gasteiger partial charge in [-0.25, -0.2) is 4.79 Å². The molecule has 0 heterocycles. The van der Waals surface area contributed by atoms with E-state index in [1.165, 1.54) is 0 Å². The first kappa shape index (κ1) is 13.0. The third kappa shape index (κ3) is 3.80. The van der Waals surface area contributed by atoms with E-state index in [-0.39, 0.29) is 12.5 Å². The Labute approximate surface area is 108 Å². The number of rotatable bonds is 4. The molecule has 4 nitrogen and oxygen atoms in total. The minimum Gasteiger partial charge on any atom is -0.452 e. The van der Waals surface area contributed by atoms with Gasteiger partial charge >= 0.3 is 5.97 Å². The van der Waals surface area contributed by atoms with Crippen molar-refractivity contribution in [1.29, 1.82) is 0 Å². The van der Waals surface area contributed by atoms with Gasteiger partial charge in [0.15, 0.2) is 6.61 Å². The zero-order valence-corrected chi connectivity index (χ0v) is 11.0. The Kier molecular flexibility index (Phi) is 5.24. The van der Waals surface area contributed by atoms with Gasteiger partial charge in [-0.15, -0.1) is 0 Å². The Morgan fingerprint density at radius 2 is 2.06 bits per heavy atom. The first-order chi connectivity index (χ1) is 7.65. The zero-order chi connectivity index (χ0) is 12.0. The molecule has 1 rings (SSSR count). The van der Waals surface area contributed by atoms with Crippen molar-refractivity contribution in [3.63, 3.8) is 0 Å². The largest absolute Gasteiger partial charge is 0.452 e. The average Bonchev–Trinajstić information content (AvgIpc) is 2.27. The lowest BCUT2D eigenvalue weighted by Crippen LogP contribution is -2.28. The van der Waals surface area contributed by atoms with Crippen molar-refractivity contribution < 1.29 is 14.3 Å². The van der Waals surface area contributed by atoms with E-state index in [0.29, 0.717) is 12.1 Å². The summed E-state index contributed by atoms with van der Waals surface area (Å²) in [5.41, 5.74) is 0.479. The number of carbonyl (C=O) groups excluding carboxylic acids is 2. The standard InChI is InChI=1S/C11H12INO3/c1-2-13-10(14)7-16-11(15)8-5-3-4-6-9(8)12/h3-6H,2,7H2,1H3,(H,13,14). The molecule has 0 aromatic heterocycles. The van der Waals surface area contributed by atoms with Crippen molar-refractivity contribution in [1.82, 2.24) is 5.32 Å². The average molecular weight is 333 g/mol.